The molecule has 0 unspecified atom stereocenters. The standard InChI is InChI=1S/C19H23BrN2O5/c1-3-4-5-6-7-25-18(23)16-11(2)21-19(24)22-17(16)12-8-14-15(9-13(12)20)27-10-26-14/h8-9,17H,3-7,10H2,1-2H3,(H2,21,22,24)/t17-/m1/s1. The minimum absolute atomic E-state index is 0.144. The van der Waals surface area contributed by atoms with E-state index in [0.29, 0.717) is 39.4 Å². The number of halogens is 1. The number of unbranched alkanes of at least 4 members (excludes halogenated alkanes) is 3. The van der Waals surface area contributed by atoms with Crippen LogP contribution in [0.2, 0.25) is 0 Å². The molecule has 8 heteroatoms. The fourth-order valence-electron chi connectivity index (χ4n) is 3.12. The van der Waals surface area contributed by atoms with Crippen molar-refractivity contribution < 1.29 is 23.8 Å². The quantitative estimate of drug-likeness (QED) is 0.497. The maximum atomic E-state index is 12.7. The Balaban J connectivity index is 1.83. The molecule has 27 heavy (non-hydrogen) atoms. The van der Waals surface area contributed by atoms with Crippen molar-refractivity contribution in [2.24, 2.45) is 0 Å². The molecular formula is C19H23BrN2O5. The Bertz CT molecular complexity index is 778. The highest BCUT2D eigenvalue weighted by Gasteiger charge is 2.34. The van der Waals surface area contributed by atoms with Gasteiger partial charge in [0, 0.05) is 10.2 Å². The smallest absolute Gasteiger partial charge is 0.338 e. The van der Waals surface area contributed by atoms with Gasteiger partial charge in [0.2, 0.25) is 6.79 Å². The number of rotatable bonds is 7. The molecule has 0 fully saturated rings. The van der Waals surface area contributed by atoms with Gasteiger partial charge in [-0.1, -0.05) is 42.1 Å². The molecule has 0 aliphatic carbocycles. The minimum Gasteiger partial charge on any atom is -0.462 e. The van der Waals surface area contributed by atoms with Crippen molar-refractivity contribution >= 4 is 27.9 Å². The van der Waals surface area contributed by atoms with Crippen LogP contribution in [0.1, 0.15) is 51.1 Å². The van der Waals surface area contributed by atoms with E-state index in [4.69, 9.17) is 14.2 Å². The first-order valence-electron chi connectivity index (χ1n) is 9.05. The maximum absolute atomic E-state index is 12.7. The number of esters is 1. The van der Waals surface area contributed by atoms with E-state index < -0.39 is 12.0 Å². The predicted molar refractivity (Wildman–Crippen MR) is 102 cm³/mol. The number of fused-ring (bicyclic) bond motifs is 1. The molecule has 1 atom stereocenters. The second-order valence-corrected chi connectivity index (χ2v) is 7.35. The molecule has 0 saturated carbocycles. The summed E-state index contributed by atoms with van der Waals surface area (Å²) in [5.74, 6) is 0.753. The Morgan fingerprint density at radius 1 is 1.26 bits per heavy atom. The fraction of sp³-hybridized carbons (Fsp3) is 0.474. The molecule has 2 heterocycles. The van der Waals surface area contributed by atoms with Gasteiger partial charge in [0.15, 0.2) is 11.5 Å². The van der Waals surface area contributed by atoms with Crippen LogP contribution in [-0.4, -0.2) is 25.4 Å². The van der Waals surface area contributed by atoms with Crippen molar-refractivity contribution in [2.75, 3.05) is 13.4 Å². The van der Waals surface area contributed by atoms with E-state index in [1.165, 1.54) is 0 Å². The van der Waals surface area contributed by atoms with Gasteiger partial charge in [0.1, 0.15) is 0 Å². The number of benzene rings is 1. The first-order chi connectivity index (χ1) is 13.0. The minimum atomic E-state index is -0.647. The van der Waals surface area contributed by atoms with Crippen LogP contribution >= 0.6 is 15.9 Å². The molecule has 1 aromatic rings. The van der Waals surface area contributed by atoms with Crippen LogP contribution < -0.4 is 20.1 Å². The van der Waals surface area contributed by atoms with Crippen LogP contribution in [0.15, 0.2) is 27.9 Å². The van der Waals surface area contributed by atoms with Crippen LogP contribution in [0.4, 0.5) is 4.79 Å². The third-order valence-electron chi connectivity index (χ3n) is 4.52. The summed E-state index contributed by atoms with van der Waals surface area (Å²) in [5.41, 5.74) is 1.56. The van der Waals surface area contributed by atoms with Crippen LogP contribution in [-0.2, 0) is 9.53 Å². The average Bonchev–Trinajstić information content (AvgIpc) is 3.07. The van der Waals surface area contributed by atoms with Gasteiger partial charge in [-0.3, -0.25) is 0 Å². The molecule has 0 saturated heterocycles. The largest absolute Gasteiger partial charge is 0.462 e. The molecule has 2 N–H and O–H groups in total. The number of hydrogen-bond acceptors (Lipinski definition) is 5. The summed E-state index contributed by atoms with van der Waals surface area (Å²) in [6, 6.07) is 2.52. The van der Waals surface area contributed by atoms with Crippen molar-refractivity contribution in [3.05, 3.63) is 33.4 Å². The Kier molecular flexibility index (Phi) is 6.26. The number of urea groups is 1. The first-order valence-corrected chi connectivity index (χ1v) is 9.85. The van der Waals surface area contributed by atoms with Gasteiger partial charge < -0.3 is 24.8 Å². The van der Waals surface area contributed by atoms with E-state index in [-0.39, 0.29) is 12.8 Å². The van der Waals surface area contributed by atoms with Crippen LogP contribution in [0.5, 0.6) is 11.5 Å². The van der Waals surface area contributed by atoms with Gasteiger partial charge in [-0.25, -0.2) is 9.59 Å². The molecule has 3 rings (SSSR count). The molecular weight excluding hydrogens is 416 g/mol. The lowest BCUT2D eigenvalue weighted by molar-refractivity contribution is -0.139. The van der Waals surface area contributed by atoms with Gasteiger partial charge in [-0.15, -0.1) is 0 Å². The summed E-state index contributed by atoms with van der Waals surface area (Å²) in [6.45, 7) is 4.33. The number of nitrogens with one attached hydrogen (secondary N) is 2. The monoisotopic (exact) mass is 438 g/mol. The Hall–Kier alpha value is -2.22. The lowest BCUT2D eigenvalue weighted by Gasteiger charge is -2.29. The first kappa shape index (κ1) is 19.5. The van der Waals surface area contributed by atoms with Gasteiger partial charge in [0.05, 0.1) is 18.2 Å². The van der Waals surface area contributed by atoms with Crippen LogP contribution in [0.3, 0.4) is 0 Å². The Morgan fingerprint density at radius 2 is 2.00 bits per heavy atom. The molecule has 0 spiro atoms. The number of amides is 2. The van der Waals surface area contributed by atoms with Gasteiger partial charge in [-0.05, 0) is 31.0 Å². The number of ether oxygens (including phenoxy) is 3. The summed E-state index contributed by atoms with van der Waals surface area (Å²) in [5, 5.41) is 5.45. The summed E-state index contributed by atoms with van der Waals surface area (Å²) in [7, 11) is 0. The highest BCUT2D eigenvalue weighted by Crippen LogP contribution is 2.41. The average molecular weight is 439 g/mol. The van der Waals surface area contributed by atoms with E-state index in [0.717, 1.165) is 25.7 Å². The van der Waals surface area contributed by atoms with Crippen molar-refractivity contribution in [3.8, 4) is 11.5 Å². The number of hydrogen-bond donors (Lipinski definition) is 2. The second kappa shape index (κ2) is 8.65. The molecule has 2 aliphatic heterocycles. The number of allylic oxidation sites excluding steroid dienone is 1. The highest BCUT2D eigenvalue weighted by atomic mass is 79.9. The van der Waals surface area contributed by atoms with Gasteiger partial charge >= 0.3 is 12.0 Å². The van der Waals surface area contributed by atoms with Crippen LogP contribution in [0.25, 0.3) is 0 Å². The number of carbonyl (C=O) groups excluding carboxylic acids is 2. The fourth-order valence-corrected chi connectivity index (χ4v) is 3.67. The van der Waals surface area contributed by atoms with Crippen molar-refractivity contribution in [1.29, 1.82) is 0 Å². The zero-order valence-corrected chi connectivity index (χ0v) is 17.0. The normalized spacial score (nSPS) is 18.2. The van der Waals surface area contributed by atoms with E-state index in [2.05, 4.69) is 33.5 Å². The van der Waals surface area contributed by atoms with E-state index in [9.17, 15) is 9.59 Å². The summed E-state index contributed by atoms with van der Waals surface area (Å²) in [4.78, 5) is 24.8. The van der Waals surface area contributed by atoms with Crippen molar-refractivity contribution in [2.45, 2.75) is 45.6 Å². The molecule has 146 valence electrons. The van der Waals surface area contributed by atoms with Crippen LogP contribution in [0, 0.1) is 0 Å². The topological polar surface area (TPSA) is 85.9 Å². The molecule has 0 aromatic heterocycles. The number of carbonyl (C=O) groups is 2. The highest BCUT2D eigenvalue weighted by molar-refractivity contribution is 9.10. The van der Waals surface area contributed by atoms with E-state index in [1.807, 2.05) is 0 Å². The molecule has 2 aliphatic rings. The van der Waals surface area contributed by atoms with Crippen molar-refractivity contribution in [3.63, 3.8) is 0 Å². The molecule has 1 aromatic carbocycles. The van der Waals surface area contributed by atoms with Gasteiger partial charge in [0.25, 0.3) is 0 Å². The molecule has 7 nitrogen and oxygen atoms in total. The second-order valence-electron chi connectivity index (χ2n) is 6.49. The summed E-state index contributed by atoms with van der Waals surface area (Å²) >= 11 is 3.50. The van der Waals surface area contributed by atoms with Crippen molar-refractivity contribution in [1.82, 2.24) is 10.6 Å². The lowest BCUT2D eigenvalue weighted by atomic mass is 9.95. The zero-order valence-electron chi connectivity index (χ0n) is 15.4. The summed E-state index contributed by atoms with van der Waals surface area (Å²) in [6.07, 6.45) is 4.08. The molecule has 0 bridgehead atoms. The summed E-state index contributed by atoms with van der Waals surface area (Å²) < 4.78 is 17.0. The maximum Gasteiger partial charge on any atom is 0.338 e. The lowest BCUT2D eigenvalue weighted by Crippen LogP contribution is -2.45. The third kappa shape index (κ3) is 4.37. The molecule has 2 amide bonds. The Morgan fingerprint density at radius 3 is 2.74 bits per heavy atom. The van der Waals surface area contributed by atoms with Gasteiger partial charge in [-0.2, -0.15) is 0 Å². The molecule has 0 radical (unpaired) electrons. The third-order valence-corrected chi connectivity index (χ3v) is 5.21. The Labute approximate surface area is 166 Å². The van der Waals surface area contributed by atoms with E-state index >= 15 is 0 Å². The SMILES string of the molecule is CCCCCCOC(=O)C1=C(C)NC(=O)N[C@@H]1c1cc2c(cc1Br)OCO2. The van der Waals surface area contributed by atoms with E-state index in [1.54, 1.807) is 19.1 Å². The predicted octanol–water partition coefficient (Wildman–Crippen LogP) is 3.93. The zero-order chi connectivity index (χ0) is 19.4.